The molecule has 164 valence electrons. The van der Waals surface area contributed by atoms with Crippen LogP contribution in [0.5, 0.6) is 0 Å². The zero-order valence-electron chi connectivity index (χ0n) is 17.9. The summed E-state index contributed by atoms with van der Waals surface area (Å²) in [5, 5.41) is 22.1. The number of carbonyl (C=O) groups excluding carboxylic acids is 2. The molecular formula is C21H25N5O5. The maximum atomic E-state index is 12.2. The number of nitrogens with zero attached hydrogens (tertiary/aromatic N) is 4. The summed E-state index contributed by atoms with van der Waals surface area (Å²) in [6.45, 7) is 8.78. The number of azo groups is 1. The van der Waals surface area contributed by atoms with Crippen LogP contribution in [0.25, 0.3) is 0 Å². The van der Waals surface area contributed by atoms with Crippen LogP contribution in [0.3, 0.4) is 0 Å². The van der Waals surface area contributed by atoms with Crippen LogP contribution in [0.4, 0.5) is 28.4 Å². The van der Waals surface area contributed by atoms with E-state index >= 15 is 0 Å². The van der Waals surface area contributed by atoms with Gasteiger partial charge < -0.3 is 15.0 Å². The number of benzene rings is 2. The maximum Gasteiger partial charge on any atom is 0.340 e. The second-order valence-corrected chi connectivity index (χ2v) is 6.43. The highest BCUT2D eigenvalue weighted by Crippen LogP contribution is 2.33. The van der Waals surface area contributed by atoms with Crippen molar-refractivity contribution in [2.45, 2.75) is 27.7 Å². The predicted octanol–water partition coefficient (Wildman–Crippen LogP) is 4.99. The van der Waals surface area contributed by atoms with E-state index in [1.807, 2.05) is 19.9 Å². The average Bonchev–Trinajstić information content (AvgIpc) is 2.73. The molecule has 0 radical (unpaired) electrons. The Balaban J connectivity index is 2.49. The van der Waals surface area contributed by atoms with Gasteiger partial charge >= 0.3 is 5.97 Å². The molecule has 0 aliphatic carbocycles. The van der Waals surface area contributed by atoms with E-state index in [0.717, 1.165) is 24.8 Å². The molecule has 0 saturated heterocycles. The maximum absolute atomic E-state index is 12.2. The normalized spacial score (nSPS) is 10.7. The van der Waals surface area contributed by atoms with E-state index in [4.69, 9.17) is 4.74 Å². The zero-order chi connectivity index (χ0) is 23.0. The minimum atomic E-state index is -0.737. The minimum Gasteiger partial charge on any atom is -0.462 e. The van der Waals surface area contributed by atoms with Crippen LogP contribution in [0.2, 0.25) is 0 Å². The molecule has 1 amide bonds. The molecule has 10 nitrogen and oxygen atoms in total. The molecule has 2 aromatic rings. The Morgan fingerprint density at radius 2 is 1.71 bits per heavy atom. The van der Waals surface area contributed by atoms with Crippen molar-refractivity contribution in [1.29, 1.82) is 0 Å². The highest BCUT2D eigenvalue weighted by atomic mass is 16.6. The van der Waals surface area contributed by atoms with E-state index in [-0.39, 0.29) is 29.5 Å². The number of amides is 1. The molecule has 10 heteroatoms. The number of hydrogen-bond donors (Lipinski definition) is 1. The Morgan fingerprint density at radius 3 is 2.29 bits per heavy atom. The number of hydrogen-bond acceptors (Lipinski definition) is 8. The van der Waals surface area contributed by atoms with E-state index in [1.54, 1.807) is 19.1 Å². The molecule has 0 spiro atoms. The molecule has 0 aromatic heterocycles. The van der Waals surface area contributed by atoms with Crippen molar-refractivity contribution in [3.8, 4) is 0 Å². The molecule has 0 saturated carbocycles. The molecule has 31 heavy (non-hydrogen) atoms. The number of ether oxygens (including phenoxy) is 1. The van der Waals surface area contributed by atoms with Crippen molar-refractivity contribution in [2.75, 3.05) is 29.9 Å². The van der Waals surface area contributed by atoms with Gasteiger partial charge in [0, 0.05) is 37.8 Å². The summed E-state index contributed by atoms with van der Waals surface area (Å²) in [7, 11) is 0. The number of nitrogens with one attached hydrogen (secondary N) is 1. The number of rotatable bonds is 9. The van der Waals surface area contributed by atoms with Gasteiger partial charge in [-0.2, -0.15) is 0 Å². The first-order valence-electron chi connectivity index (χ1n) is 9.84. The van der Waals surface area contributed by atoms with Gasteiger partial charge in [0.2, 0.25) is 5.91 Å². The number of nitro benzene ring substituents is 1. The number of anilines is 2. The Hall–Kier alpha value is -3.82. The summed E-state index contributed by atoms with van der Waals surface area (Å²) < 4.78 is 4.97. The van der Waals surface area contributed by atoms with Crippen LogP contribution in [0, 0.1) is 10.1 Å². The number of non-ortho nitro benzene ring substituents is 1. The standard InChI is InChI=1S/C21H25N5O5/c1-5-25(6-2)15-8-11-19(20(13-15)22-14(4)27)24-23-18-10-9-16(26(29)30)12-17(18)21(28)31-7-3/h8-13H,5-7H2,1-4H3,(H,22,27). The third-order valence-electron chi connectivity index (χ3n) is 4.37. The van der Waals surface area contributed by atoms with Gasteiger partial charge in [-0.05, 0) is 45.0 Å². The minimum absolute atomic E-state index is 0.0689. The lowest BCUT2D eigenvalue weighted by atomic mass is 10.1. The molecule has 0 aliphatic heterocycles. The van der Waals surface area contributed by atoms with Crippen molar-refractivity contribution in [2.24, 2.45) is 10.2 Å². The summed E-state index contributed by atoms with van der Waals surface area (Å²) in [5.74, 6) is -1.00. The molecule has 2 rings (SSSR count). The van der Waals surface area contributed by atoms with E-state index in [1.165, 1.54) is 19.1 Å². The first-order chi connectivity index (χ1) is 14.8. The summed E-state index contributed by atoms with van der Waals surface area (Å²) >= 11 is 0. The molecule has 0 atom stereocenters. The van der Waals surface area contributed by atoms with E-state index < -0.39 is 10.9 Å². The summed E-state index contributed by atoms with van der Waals surface area (Å²) in [4.78, 5) is 36.5. The van der Waals surface area contributed by atoms with E-state index in [9.17, 15) is 19.7 Å². The second kappa shape index (κ2) is 10.8. The molecule has 0 unspecified atom stereocenters. The second-order valence-electron chi connectivity index (χ2n) is 6.43. The van der Waals surface area contributed by atoms with Crippen LogP contribution in [0.1, 0.15) is 38.1 Å². The van der Waals surface area contributed by atoms with Crippen molar-refractivity contribution in [1.82, 2.24) is 0 Å². The monoisotopic (exact) mass is 427 g/mol. The van der Waals surface area contributed by atoms with Crippen molar-refractivity contribution >= 4 is 40.3 Å². The van der Waals surface area contributed by atoms with Gasteiger partial charge in [-0.3, -0.25) is 14.9 Å². The van der Waals surface area contributed by atoms with Gasteiger partial charge in [0.15, 0.2) is 0 Å². The fraction of sp³-hybridized carbons (Fsp3) is 0.333. The highest BCUT2D eigenvalue weighted by Gasteiger charge is 2.18. The third-order valence-corrected chi connectivity index (χ3v) is 4.37. The zero-order valence-corrected chi connectivity index (χ0v) is 17.9. The number of esters is 1. The van der Waals surface area contributed by atoms with Gasteiger partial charge in [0.1, 0.15) is 11.4 Å². The lowest BCUT2D eigenvalue weighted by Gasteiger charge is -2.22. The SMILES string of the molecule is CCOC(=O)c1cc([N+](=O)[O-])ccc1N=Nc1ccc(N(CC)CC)cc1NC(C)=O. The Bertz CT molecular complexity index is 1000. The molecule has 2 aromatic carbocycles. The summed E-state index contributed by atoms with van der Waals surface area (Å²) in [6.07, 6.45) is 0. The molecule has 0 aliphatic rings. The molecule has 0 heterocycles. The lowest BCUT2D eigenvalue weighted by molar-refractivity contribution is -0.384. The van der Waals surface area contributed by atoms with E-state index in [2.05, 4.69) is 20.4 Å². The van der Waals surface area contributed by atoms with Crippen molar-refractivity contribution in [3.63, 3.8) is 0 Å². The molecule has 0 fully saturated rings. The smallest absolute Gasteiger partial charge is 0.340 e. The molecule has 0 bridgehead atoms. The summed E-state index contributed by atoms with van der Waals surface area (Å²) in [5.41, 5.74) is 1.53. The largest absolute Gasteiger partial charge is 0.462 e. The van der Waals surface area contributed by atoms with Gasteiger partial charge in [-0.25, -0.2) is 4.79 Å². The first-order valence-corrected chi connectivity index (χ1v) is 9.84. The van der Waals surface area contributed by atoms with Gasteiger partial charge in [0.25, 0.3) is 5.69 Å². The van der Waals surface area contributed by atoms with Gasteiger partial charge in [-0.1, -0.05) is 0 Å². The molecule has 1 N–H and O–H groups in total. The van der Waals surface area contributed by atoms with E-state index in [0.29, 0.717) is 11.4 Å². The van der Waals surface area contributed by atoms with Gasteiger partial charge in [-0.15, -0.1) is 10.2 Å². The van der Waals surface area contributed by atoms with Crippen molar-refractivity contribution in [3.05, 3.63) is 52.1 Å². The van der Waals surface area contributed by atoms with Crippen LogP contribution in [-0.4, -0.2) is 36.5 Å². The lowest BCUT2D eigenvalue weighted by Crippen LogP contribution is -2.21. The first kappa shape index (κ1) is 23.5. The van der Waals surface area contributed by atoms with Crippen LogP contribution in [0.15, 0.2) is 46.6 Å². The quantitative estimate of drug-likeness (QED) is 0.260. The fourth-order valence-corrected chi connectivity index (χ4v) is 2.89. The van der Waals surface area contributed by atoms with Crippen molar-refractivity contribution < 1.29 is 19.2 Å². The Kier molecular flexibility index (Phi) is 8.18. The Morgan fingerprint density at radius 1 is 1.06 bits per heavy atom. The highest BCUT2D eigenvalue weighted by molar-refractivity contribution is 5.96. The summed E-state index contributed by atoms with van der Waals surface area (Å²) in [6, 6.07) is 9.02. The average molecular weight is 427 g/mol. The fourth-order valence-electron chi connectivity index (χ4n) is 2.89. The predicted molar refractivity (Wildman–Crippen MR) is 118 cm³/mol. The number of carbonyl (C=O) groups is 2. The van der Waals surface area contributed by atoms with Gasteiger partial charge in [0.05, 0.1) is 22.8 Å². The number of nitro groups is 1. The Labute approximate surface area is 180 Å². The van der Waals surface area contributed by atoms with Crippen LogP contribution < -0.4 is 10.2 Å². The topological polar surface area (TPSA) is 126 Å². The third kappa shape index (κ3) is 6.08. The van der Waals surface area contributed by atoms with Crippen LogP contribution >= 0.6 is 0 Å². The van der Waals surface area contributed by atoms with Crippen LogP contribution in [-0.2, 0) is 9.53 Å². The molecular weight excluding hydrogens is 402 g/mol.